The summed E-state index contributed by atoms with van der Waals surface area (Å²) in [6.07, 6.45) is 1.39. The molecule has 9 heteroatoms. The van der Waals surface area contributed by atoms with Crippen LogP contribution in [0.3, 0.4) is 0 Å². The van der Waals surface area contributed by atoms with E-state index in [2.05, 4.69) is 11.8 Å². The van der Waals surface area contributed by atoms with Crippen molar-refractivity contribution in [1.82, 2.24) is 9.21 Å². The van der Waals surface area contributed by atoms with Gasteiger partial charge in [0.2, 0.25) is 15.9 Å². The number of rotatable bonds is 6. The number of halogens is 1. The van der Waals surface area contributed by atoms with Gasteiger partial charge in [-0.3, -0.25) is 4.79 Å². The SMILES string of the molecule is CCOc1ccc(S(=O)(=O)N2CCC[C@@H](C(=O)N3CCN(c4cc(Cl)ccc4C)CC3)C2)cc1. The number of piperidine rings is 1. The van der Waals surface area contributed by atoms with Gasteiger partial charge in [-0.1, -0.05) is 17.7 Å². The Morgan fingerprint density at radius 1 is 1.06 bits per heavy atom. The molecular formula is C25H32ClN3O4S. The van der Waals surface area contributed by atoms with Gasteiger partial charge in [0.15, 0.2) is 0 Å². The molecule has 2 saturated heterocycles. The van der Waals surface area contributed by atoms with E-state index in [1.165, 1.54) is 4.31 Å². The first kappa shape index (κ1) is 24.8. The van der Waals surface area contributed by atoms with Gasteiger partial charge in [-0.15, -0.1) is 0 Å². The normalized spacial score (nSPS) is 19.8. The maximum absolute atomic E-state index is 13.3. The maximum atomic E-state index is 13.3. The number of piperazine rings is 1. The highest BCUT2D eigenvalue weighted by Crippen LogP contribution is 2.28. The monoisotopic (exact) mass is 505 g/mol. The van der Waals surface area contributed by atoms with Crippen LogP contribution in [0.25, 0.3) is 0 Å². The van der Waals surface area contributed by atoms with Gasteiger partial charge in [0.1, 0.15) is 5.75 Å². The van der Waals surface area contributed by atoms with Crippen molar-refractivity contribution in [3.63, 3.8) is 0 Å². The molecule has 2 heterocycles. The summed E-state index contributed by atoms with van der Waals surface area (Å²) < 4.78 is 33.3. The predicted molar refractivity (Wildman–Crippen MR) is 134 cm³/mol. The second-order valence-corrected chi connectivity index (χ2v) is 11.2. The molecule has 0 unspecified atom stereocenters. The van der Waals surface area contributed by atoms with E-state index in [-0.39, 0.29) is 23.3 Å². The van der Waals surface area contributed by atoms with Crippen molar-refractivity contribution in [3.05, 3.63) is 53.1 Å². The Bertz CT molecular complexity index is 1120. The molecule has 0 radical (unpaired) electrons. The fraction of sp³-hybridized carbons (Fsp3) is 0.480. The molecule has 0 N–H and O–H groups in total. The third kappa shape index (κ3) is 5.34. The summed E-state index contributed by atoms with van der Waals surface area (Å²) in [4.78, 5) is 17.7. The Kier molecular flexibility index (Phi) is 7.70. The fourth-order valence-corrected chi connectivity index (χ4v) is 6.43. The number of ether oxygens (including phenoxy) is 1. The van der Waals surface area contributed by atoms with Gasteiger partial charge in [0.25, 0.3) is 0 Å². The van der Waals surface area contributed by atoms with Crippen LogP contribution < -0.4 is 9.64 Å². The van der Waals surface area contributed by atoms with Gasteiger partial charge in [-0.05, 0) is 68.7 Å². The van der Waals surface area contributed by atoms with E-state index in [1.807, 2.05) is 30.0 Å². The Morgan fingerprint density at radius 2 is 1.76 bits per heavy atom. The van der Waals surface area contributed by atoms with E-state index in [0.717, 1.165) is 24.3 Å². The highest BCUT2D eigenvalue weighted by atomic mass is 35.5. The van der Waals surface area contributed by atoms with Crippen LogP contribution in [-0.4, -0.2) is 69.4 Å². The number of nitrogens with zero attached hydrogens (tertiary/aromatic N) is 3. The van der Waals surface area contributed by atoms with Crippen LogP contribution in [0, 0.1) is 12.8 Å². The molecule has 1 amide bonds. The molecule has 34 heavy (non-hydrogen) atoms. The maximum Gasteiger partial charge on any atom is 0.243 e. The highest BCUT2D eigenvalue weighted by Gasteiger charge is 2.36. The zero-order valence-electron chi connectivity index (χ0n) is 19.7. The molecule has 2 aliphatic heterocycles. The van der Waals surface area contributed by atoms with Gasteiger partial charge in [0.05, 0.1) is 17.4 Å². The van der Waals surface area contributed by atoms with Crippen LogP contribution >= 0.6 is 11.6 Å². The fourth-order valence-electron chi connectivity index (χ4n) is 4.74. The van der Waals surface area contributed by atoms with Gasteiger partial charge in [-0.25, -0.2) is 8.42 Å². The Hall–Kier alpha value is -2.29. The Labute approximate surface area is 207 Å². The van der Waals surface area contributed by atoms with E-state index >= 15 is 0 Å². The first-order valence-electron chi connectivity index (χ1n) is 11.8. The summed E-state index contributed by atoms with van der Waals surface area (Å²) in [5.74, 6) is 0.375. The number of carbonyl (C=O) groups excluding carboxylic acids is 1. The van der Waals surface area contributed by atoms with Crippen molar-refractivity contribution < 1.29 is 17.9 Å². The van der Waals surface area contributed by atoms with Crippen molar-refractivity contribution in [3.8, 4) is 5.75 Å². The molecule has 0 aliphatic carbocycles. The first-order valence-corrected chi connectivity index (χ1v) is 13.6. The molecule has 2 aliphatic rings. The van der Waals surface area contributed by atoms with E-state index in [0.29, 0.717) is 49.9 Å². The van der Waals surface area contributed by atoms with E-state index < -0.39 is 10.0 Å². The number of benzene rings is 2. The lowest BCUT2D eigenvalue weighted by molar-refractivity contribution is -0.137. The zero-order chi connectivity index (χ0) is 24.3. The summed E-state index contributed by atoms with van der Waals surface area (Å²) in [6, 6.07) is 12.4. The van der Waals surface area contributed by atoms with E-state index in [9.17, 15) is 13.2 Å². The molecule has 0 bridgehead atoms. The third-order valence-corrected chi connectivity index (χ3v) is 8.72. The highest BCUT2D eigenvalue weighted by molar-refractivity contribution is 7.89. The lowest BCUT2D eigenvalue weighted by Gasteiger charge is -2.40. The molecule has 2 aromatic carbocycles. The summed E-state index contributed by atoms with van der Waals surface area (Å²) in [5, 5.41) is 0.704. The predicted octanol–water partition coefficient (Wildman–Crippen LogP) is 3.80. The van der Waals surface area contributed by atoms with Crippen LogP contribution in [0.5, 0.6) is 5.75 Å². The topological polar surface area (TPSA) is 70.2 Å². The van der Waals surface area contributed by atoms with Crippen LogP contribution in [0.4, 0.5) is 5.69 Å². The van der Waals surface area contributed by atoms with Crippen LogP contribution in [0.1, 0.15) is 25.3 Å². The van der Waals surface area contributed by atoms with Crippen LogP contribution in [0.2, 0.25) is 5.02 Å². The smallest absolute Gasteiger partial charge is 0.243 e. The van der Waals surface area contributed by atoms with Crippen molar-refractivity contribution in [2.45, 2.75) is 31.6 Å². The summed E-state index contributed by atoms with van der Waals surface area (Å²) >= 11 is 6.18. The minimum atomic E-state index is -3.66. The van der Waals surface area contributed by atoms with Crippen molar-refractivity contribution in [1.29, 1.82) is 0 Å². The van der Waals surface area contributed by atoms with Gasteiger partial charge < -0.3 is 14.5 Å². The Balaban J connectivity index is 1.38. The van der Waals surface area contributed by atoms with Crippen molar-refractivity contribution >= 4 is 33.2 Å². The first-order chi connectivity index (χ1) is 16.3. The van der Waals surface area contributed by atoms with Crippen molar-refractivity contribution in [2.75, 3.05) is 50.8 Å². The summed E-state index contributed by atoms with van der Waals surface area (Å²) in [6.45, 7) is 7.82. The molecule has 2 fully saturated rings. The average Bonchev–Trinajstić information content (AvgIpc) is 2.86. The molecule has 0 aromatic heterocycles. The van der Waals surface area contributed by atoms with Gasteiger partial charge >= 0.3 is 0 Å². The third-order valence-electron chi connectivity index (χ3n) is 6.61. The average molecular weight is 506 g/mol. The molecule has 2 aromatic rings. The molecule has 0 saturated carbocycles. The summed E-state index contributed by atoms with van der Waals surface area (Å²) in [5.41, 5.74) is 2.26. The molecular weight excluding hydrogens is 474 g/mol. The number of aryl methyl sites for hydroxylation is 1. The number of hydrogen-bond acceptors (Lipinski definition) is 5. The number of amides is 1. The minimum absolute atomic E-state index is 0.0501. The van der Waals surface area contributed by atoms with E-state index in [4.69, 9.17) is 16.3 Å². The molecule has 184 valence electrons. The van der Waals surface area contributed by atoms with Crippen LogP contribution in [0.15, 0.2) is 47.4 Å². The molecule has 1 atom stereocenters. The Morgan fingerprint density at radius 3 is 2.44 bits per heavy atom. The van der Waals surface area contributed by atoms with Gasteiger partial charge in [0, 0.05) is 50.0 Å². The number of anilines is 1. The largest absolute Gasteiger partial charge is 0.494 e. The minimum Gasteiger partial charge on any atom is -0.494 e. The number of hydrogen-bond donors (Lipinski definition) is 0. The zero-order valence-corrected chi connectivity index (χ0v) is 21.3. The lowest BCUT2D eigenvalue weighted by Crippen LogP contribution is -2.53. The van der Waals surface area contributed by atoms with Crippen LogP contribution in [-0.2, 0) is 14.8 Å². The second kappa shape index (κ2) is 10.5. The summed E-state index contributed by atoms with van der Waals surface area (Å²) in [7, 11) is -3.66. The van der Waals surface area contributed by atoms with Crippen molar-refractivity contribution in [2.24, 2.45) is 5.92 Å². The standard InChI is InChI=1S/C25H32ClN3O4S/c1-3-33-22-8-10-23(11-9-22)34(31,32)29-12-4-5-20(18-29)25(30)28-15-13-27(14-16-28)24-17-21(26)7-6-19(24)2/h6-11,17,20H,3-5,12-16,18H2,1-2H3/t20-/m1/s1. The van der Waals surface area contributed by atoms with Gasteiger partial charge in [-0.2, -0.15) is 4.31 Å². The molecule has 7 nitrogen and oxygen atoms in total. The molecule has 0 spiro atoms. The lowest BCUT2D eigenvalue weighted by atomic mass is 9.97. The second-order valence-electron chi connectivity index (χ2n) is 8.85. The van der Waals surface area contributed by atoms with E-state index in [1.54, 1.807) is 24.3 Å². The quantitative estimate of drug-likeness (QED) is 0.597. The molecule has 4 rings (SSSR count). The number of carbonyl (C=O) groups is 1. The number of sulfonamides is 1.